The van der Waals surface area contributed by atoms with E-state index in [1.165, 1.54) is 12.1 Å². The average molecular weight is 266 g/mol. The molecule has 1 fully saturated rings. The number of rotatable bonds is 4. The highest BCUT2D eigenvalue weighted by Gasteiger charge is 2.31. The molecule has 1 aliphatic rings. The van der Waals surface area contributed by atoms with Gasteiger partial charge in [-0.1, -0.05) is 12.1 Å². The van der Waals surface area contributed by atoms with Crippen molar-refractivity contribution in [3.8, 4) is 0 Å². The molecular formula is C14H19FN2O2. The van der Waals surface area contributed by atoms with Crippen LogP contribution in [0.4, 0.5) is 4.39 Å². The first-order valence-electron chi connectivity index (χ1n) is 6.45. The maximum absolute atomic E-state index is 13.1. The molecule has 5 heteroatoms. The van der Waals surface area contributed by atoms with Crippen LogP contribution in [-0.2, 0) is 16.1 Å². The number of hydrogen-bond donors (Lipinski definition) is 1. The van der Waals surface area contributed by atoms with E-state index in [0.29, 0.717) is 19.5 Å². The number of halogens is 1. The summed E-state index contributed by atoms with van der Waals surface area (Å²) in [6, 6.07) is 6.25. The highest BCUT2D eigenvalue weighted by molar-refractivity contribution is 5.80. The molecule has 4 nitrogen and oxygen atoms in total. The summed E-state index contributed by atoms with van der Waals surface area (Å²) in [5.74, 6) is -0.362. The average Bonchev–Trinajstić information content (AvgIpc) is 2.86. The van der Waals surface area contributed by atoms with Gasteiger partial charge in [-0.2, -0.15) is 0 Å². The third-order valence-electron chi connectivity index (χ3n) is 3.33. The molecule has 0 saturated carbocycles. The van der Waals surface area contributed by atoms with Crippen LogP contribution < -0.4 is 5.73 Å². The zero-order valence-electron chi connectivity index (χ0n) is 11.0. The van der Waals surface area contributed by atoms with Crippen molar-refractivity contribution in [3.05, 3.63) is 35.6 Å². The van der Waals surface area contributed by atoms with Gasteiger partial charge in [-0.25, -0.2) is 4.39 Å². The molecule has 1 aromatic carbocycles. The first-order chi connectivity index (χ1) is 9.10. The maximum atomic E-state index is 13.1. The van der Waals surface area contributed by atoms with Gasteiger partial charge in [-0.05, 0) is 30.5 Å². The van der Waals surface area contributed by atoms with Crippen LogP contribution in [0.15, 0.2) is 24.3 Å². The second-order valence-corrected chi connectivity index (χ2v) is 4.88. The van der Waals surface area contributed by atoms with Crippen LogP contribution in [0.2, 0.25) is 0 Å². The van der Waals surface area contributed by atoms with Gasteiger partial charge in [-0.15, -0.1) is 0 Å². The minimum Gasteiger partial charge on any atom is -0.364 e. The maximum Gasteiger partial charge on any atom is 0.251 e. The highest BCUT2D eigenvalue weighted by atomic mass is 19.1. The van der Waals surface area contributed by atoms with Gasteiger partial charge in [0.25, 0.3) is 5.91 Å². The predicted octanol–water partition coefficient (Wildman–Crippen LogP) is 1.29. The lowest BCUT2D eigenvalue weighted by Crippen LogP contribution is -2.36. The Labute approximate surface area is 112 Å². The van der Waals surface area contributed by atoms with Crippen LogP contribution in [0.1, 0.15) is 18.4 Å². The van der Waals surface area contributed by atoms with E-state index in [9.17, 15) is 9.18 Å². The van der Waals surface area contributed by atoms with Crippen LogP contribution in [-0.4, -0.2) is 36.6 Å². The summed E-state index contributed by atoms with van der Waals surface area (Å²) in [6.45, 7) is 0.821. The van der Waals surface area contributed by atoms with E-state index in [0.717, 1.165) is 12.0 Å². The monoisotopic (exact) mass is 266 g/mol. The zero-order chi connectivity index (χ0) is 13.8. The fraction of sp³-hybridized carbons (Fsp3) is 0.500. The second kappa shape index (κ2) is 6.12. The number of carbonyl (C=O) groups excluding carboxylic acids is 1. The van der Waals surface area contributed by atoms with E-state index in [1.807, 2.05) is 0 Å². The van der Waals surface area contributed by atoms with Crippen LogP contribution >= 0.6 is 0 Å². The molecule has 1 aromatic rings. The lowest BCUT2D eigenvalue weighted by Gasteiger charge is -2.21. The van der Waals surface area contributed by atoms with E-state index < -0.39 is 6.10 Å². The molecule has 19 heavy (non-hydrogen) atoms. The Hall–Kier alpha value is -1.46. The van der Waals surface area contributed by atoms with Gasteiger partial charge in [0, 0.05) is 20.1 Å². The summed E-state index contributed by atoms with van der Waals surface area (Å²) >= 11 is 0. The molecule has 1 heterocycles. The third kappa shape index (κ3) is 3.52. The number of amides is 1. The van der Waals surface area contributed by atoms with Gasteiger partial charge in [0.1, 0.15) is 11.9 Å². The van der Waals surface area contributed by atoms with Gasteiger partial charge < -0.3 is 15.4 Å². The molecule has 2 N–H and O–H groups in total. The quantitative estimate of drug-likeness (QED) is 0.893. The van der Waals surface area contributed by atoms with Crippen molar-refractivity contribution in [1.82, 2.24) is 4.90 Å². The van der Waals surface area contributed by atoms with Crippen LogP contribution in [0, 0.1) is 5.82 Å². The smallest absolute Gasteiger partial charge is 0.251 e. The number of nitrogens with two attached hydrogens (primary N) is 1. The number of likely N-dealkylation sites (N-methyl/N-ethyl adjacent to an activating group) is 1. The van der Waals surface area contributed by atoms with Gasteiger partial charge in [0.15, 0.2) is 0 Å². The van der Waals surface area contributed by atoms with Gasteiger partial charge >= 0.3 is 0 Å². The molecule has 2 rings (SSSR count). The largest absolute Gasteiger partial charge is 0.364 e. The predicted molar refractivity (Wildman–Crippen MR) is 69.8 cm³/mol. The summed E-state index contributed by atoms with van der Waals surface area (Å²) in [6.07, 6.45) is 1.10. The van der Waals surface area contributed by atoms with E-state index in [4.69, 9.17) is 10.5 Å². The molecule has 104 valence electrons. The van der Waals surface area contributed by atoms with Crippen molar-refractivity contribution in [2.75, 3.05) is 13.6 Å². The van der Waals surface area contributed by atoms with Crippen molar-refractivity contribution in [3.63, 3.8) is 0 Å². The van der Waals surface area contributed by atoms with Crippen molar-refractivity contribution in [1.29, 1.82) is 0 Å². The van der Waals surface area contributed by atoms with Crippen LogP contribution in [0.3, 0.4) is 0 Å². The SMILES string of the molecule is CN(Cc1cccc(F)c1)C(=O)C1CCC(CN)O1. The first-order valence-corrected chi connectivity index (χ1v) is 6.45. The highest BCUT2D eigenvalue weighted by Crippen LogP contribution is 2.21. The molecule has 2 atom stereocenters. The molecule has 1 aliphatic heterocycles. The summed E-state index contributed by atoms with van der Waals surface area (Å²) in [5, 5.41) is 0. The Kier molecular flexibility index (Phi) is 4.50. The fourth-order valence-corrected chi connectivity index (χ4v) is 2.29. The third-order valence-corrected chi connectivity index (χ3v) is 3.33. The molecule has 0 radical (unpaired) electrons. The molecule has 1 saturated heterocycles. The topological polar surface area (TPSA) is 55.6 Å². The number of hydrogen-bond acceptors (Lipinski definition) is 3. The van der Waals surface area contributed by atoms with Crippen LogP contribution in [0.5, 0.6) is 0 Å². The Morgan fingerprint density at radius 3 is 2.95 bits per heavy atom. The van der Waals surface area contributed by atoms with Crippen molar-refractivity contribution < 1.29 is 13.9 Å². The lowest BCUT2D eigenvalue weighted by atomic mass is 10.1. The van der Waals surface area contributed by atoms with Gasteiger partial charge in [0.05, 0.1) is 6.10 Å². The zero-order valence-corrected chi connectivity index (χ0v) is 11.0. The van der Waals surface area contributed by atoms with Crippen LogP contribution in [0.25, 0.3) is 0 Å². The summed E-state index contributed by atoms with van der Waals surface area (Å²) in [7, 11) is 1.70. The Morgan fingerprint density at radius 2 is 2.32 bits per heavy atom. The minimum atomic E-state index is -0.410. The van der Waals surface area contributed by atoms with E-state index in [1.54, 1.807) is 24.1 Å². The van der Waals surface area contributed by atoms with E-state index in [-0.39, 0.29) is 17.8 Å². The molecule has 0 spiro atoms. The standard InChI is InChI=1S/C14H19FN2O2/c1-17(9-10-3-2-4-11(15)7-10)14(18)13-6-5-12(8-16)19-13/h2-4,7,12-13H,5-6,8-9,16H2,1H3. The van der Waals surface area contributed by atoms with Crippen molar-refractivity contribution in [2.24, 2.45) is 5.73 Å². The summed E-state index contributed by atoms with van der Waals surface area (Å²) in [4.78, 5) is 13.7. The minimum absolute atomic E-state index is 0.0171. The number of ether oxygens (including phenoxy) is 1. The molecule has 0 aromatic heterocycles. The molecule has 1 amide bonds. The number of nitrogens with zero attached hydrogens (tertiary/aromatic N) is 1. The van der Waals surface area contributed by atoms with E-state index in [2.05, 4.69) is 0 Å². The Morgan fingerprint density at radius 1 is 1.53 bits per heavy atom. The number of benzene rings is 1. The second-order valence-electron chi connectivity index (χ2n) is 4.88. The van der Waals surface area contributed by atoms with Crippen molar-refractivity contribution >= 4 is 5.91 Å². The normalized spacial score (nSPS) is 22.5. The van der Waals surface area contributed by atoms with E-state index >= 15 is 0 Å². The lowest BCUT2D eigenvalue weighted by molar-refractivity contribution is -0.141. The molecule has 2 unspecified atom stereocenters. The fourth-order valence-electron chi connectivity index (χ4n) is 2.29. The Balaban J connectivity index is 1.93. The van der Waals surface area contributed by atoms with Crippen molar-refractivity contribution in [2.45, 2.75) is 31.6 Å². The van der Waals surface area contributed by atoms with Gasteiger partial charge in [-0.3, -0.25) is 4.79 Å². The summed E-state index contributed by atoms with van der Waals surface area (Å²) in [5.41, 5.74) is 6.29. The first kappa shape index (κ1) is 14.0. The molecule has 0 bridgehead atoms. The molecular weight excluding hydrogens is 247 g/mol. The summed E-state index contributed by atoms with van der Waals surface area (Å²) < 4.78 is 18.6. The van der Waals surface area contributed by atoms with Gasteiger partial charge in [0.2, 0.25) is 0 Å². The molecule has 0 aliphatic carbocycles. The number of carbonyl (C=O) groups is 1. The Bertz CT molecular complexity index is 453.